The second-order valence-corrected chi connectivity index (χ2v) is 7.07. The molecule has 1 N–H and O–H groups in total. The molecule has 1 aromatic heterocycles. The molecule has 2 aliphatic rings. The lowest BCUT2D eigenvalue weighted by atomic mass is 9.79. The molecule has 2 aromatic carbocycles. The highest BCUT2D eigenvalue weighted by molar-refractivity contribution is 6.09. The molecule has 5 rings (SSSR count). The Morgan fingerprint density at radius 3 is 2.79 bits per heavy atom. The minimum Gasteiger partial charge on any atom is -0.342 e. The number of rotatable bonds is 1. The van der Waals surface area contributed by atoms with Crippen LogP contribution in [0.1, 0.15) is 34.8 Å². The fraction of sp³-hybridized carbons (Fsp3) is 0.286. The van der Waals surface area contributed by atoms with E-state index in [-0.39, 0.29) is 0 Å². The number of aryl methyl sites for hydroxylation is 3. The number of benzene rings is 2. The van der Waals surface area contributed by atoms with E-state index < -0.39 is 0 Å². The van der Waals surface area contributed by atoms with Gasteiger partial charge in [0, 0.05) is 23.9 Å². The molecule has 2 unspecified atom stereocenters. The van der Waals surface area contributed by atoms with Crippen molar-refractivity contribution >= 4 is 16.6 Å². The Labute approximate surface area is 142 Å². The van der Waals surface area contributed by atoms with Crippen LogP contribution < -0.4 is 5.43 Å². The van der Waals surface area contributed by atoms with Gasteiger partial charge >= 0.3 is 0 Å². The average Bonchev–Trinajstić information content (AvgIpc) is 3.15. The van der Waals surface area contributed by atoms with Crippen molar-refractivity contribution < 1.29 is 0 Å². The predicted octanol–water partition coefficient (Wildman–Crippen LogP) is 4.10. The second-order valence-electron chi connectivity index (χ2n) is 7.07. The highest BCUT2D eigenvalue weighted by atomic mass is 15.3. The largest absolute Gasteiger partial charge is 0.342 e. The summed E-state index contributed by atoms with van der Waals surface area (Å²) in [7, 11) is 2.18. The number of fused-ring (bicyclic) bond motifs is 5. The summed E-state index contributed by atoms with van der Waals surface area (Å²) in [5.41, 5.74) is 11.4. The van der Waals surface area contributed by atoms with Crippen LogP contribution in [0.4, 0.5) is 0 Å². The average molecular weight is 315 g/mol. The minimum absolute atomic E-state index is 0.300. The van der Waals surface area contributed by atoms with Gasteiger partial charge in [-0.05, 0) is 43.0 Å². The third kappa shape index (κ3) is 1.81. The predicted molar refractivity (Wildman–Crippen MR) is 98.3 cm³/mol. The van der Waals surface area contributed by atoms with E-state index in [1.807, 2.05) is 0 Å². The highest BCUT2D eigenvalue weighted by Gasteiger charge is 2.39. The molecule has 0 fully saturated rings. The van der Waals surface area contributed by atoms with Crippen molar-refractivity contribution in [2.45, 2.75) is 25.8 Å². The van der Waals surface area contributed by atoms with Crippen LogP contribution in [0.2, 0.25) is 0 Å². The van der Waals surface area contributed by atoms with Gasteiger partial charge in [0.1, 0.15) is 0 Å². The summed E-state index contributed by atoms with van der Waals surface area (Å²) in [5.74, 6) is 0.462. The van der Waals surface area contributed by atoms with E-state index in [9.17, 15) is 0 Å². The molecular formula is C21H21N3. The van der Waals surface area contributed by atoms with Crippen LogP contribution in [-0.2, 0) is 13.5 Å². The van der Waals surface area contributed by atoms with Gasteiger partial charge in [-0.25, -0.2) is 0 Å². The molecule has 0 amide bonds. The standard InChI is InChI=1S/C21H21N3/c1-13-8-11-18-17(12-13)15-9-10-16-19(14-6-4-3-5-7-14)22-23-20(16)21(15)24(18)2/h3-8,11-12,16,19,22H,9-10H2,1-2H3. The lowest BCUT2D eigenvalue weighted by Gasteiger charge is -2.25. The molecule has 3 aromatic rings. The van der Waals surface area contributed by atoms with Crippen LogP contribution in [0.15, 0.2) is 53.6 Å². The van der Waals surface area contributed by atoms with Crippen LogP contribution >= 0.6 is 0 Å². The SMILES string of the molecule is Cc1ccc2c(c1)c1c(n2C)C2=NNC(c3ccccc3)C2CC1. The number of hydrazone groups is 1. The lowest BCUT2D eigenvalue weighted by molar-refractivity contribution is 0.466. The third-order valence-corrected chi connectivity index (χ3v) is 5.64. The van der Waals surface area contributed by atoms with Gasteiger partial charge in [-0.3, -0.25) is 0 Å². The zero-order valence-electron chi connectivity index (χ0n) is 14.1. The highest BCUT2D eigenvalue weighted by Crippen LogP contribution is 2.41. The molecule has 0 radical (unpaired) electrons. The number of nitrogens with one attached hydrogen (secondary N) is 1. The summed E-state index contributed by atoms with van der Waals surface area (Å²) in [5, 5.41) is 6.18. The van der Waals surface area contributed by atoms with E-state index in [0.29, 0.717) is 12.0 Å². The number of nitrogens with zero attached hydrogens (tertiary/aromatic N) is 2. The van der Waals surface area contributed by atoms with Crippen molar-refractivity contribution in [2.75, 3.05) is 0 Å². The fourth-order valence-electron chi connectivity index (χ4n) is 4.48. The van der Waals surface area contributed by atoms with E-state index in [0.717, 1.165) is 12.8 Å². The monoisotopic (exact) mass is 315 g/mol. The van der Waals surface area contributed by atoms with E-state index in [1.165, 1.54) is 39.0 Å². The number of hydrogen-bond donors (Lipinski definition) is 1. The van der Waals surface area contributed by atoms with Crippen molar-refractivity contribution in [1.82, 2.24) is 9.99 Å². The van der Waals surface area contributed by atoms with Crippen LogP contribution in [0.5, 0.6) is 0 Å². The maximum atomic E-state index is 4.78. The lowest BCUT2D eigenvalue weighted by Crippen LogP contribution is -2.27. The normalized spacial score (nSPS) is 22.0. The van der Waals surface area contributed by atoms with Crippen LogP contribution in [0, 0.1) is 12.8 Å². The first-order valence-corrected chi connectivity index (χ1v) is 8.70. The van der Waals surface area contributed by atoms with Crippen molar-refractivity contribution in [3.63, 3.8) is 0 Å². The molecular weight excluding hydrogens is 294 g/mol. The zero-order chi connectivity index (χ0) is 16.3. The van der Waals surface area contributed by atoms with Gasteiger partial charge in [0.2, 0.25) is 0 Å². The molecule has 1 aliphatic heterocycles. The first-order chi connectivity index (χ1) is 11.7. The van der Waals surface area contributed by atoms with Crippen LogP contribution in [0.25, 0.3) is 10.9 Å². The Bertz CT molecular complexity index is 966. The molecule has 120 valence electrons. The second kappa shape index (κ2) is 4.97. The topological polar surface area (TPSA) is 29.3 Å². The van der Waals surface area contributed by atoms with Crippen LogP contribution in [-0.4, -0.2) is 10.3 Å². The molecule has 0 bridgehead atoms. The molecule has 24 heavy (non-hydrogen) atoms. The summed E-state index contributed by atoms with van der Waals surface area (Å²) in [4.78, 5) is 0. The Morgan fingerprint density at radius 1 is 1.12 bits per heavy atom. The Hall–Kier alpha value is -2.55. The van der Waals surface area contributed by atoms with Crippen LogP contribution in [0.3, 0.4) is 0 Å². The van der Waals surface area contributed by atoms with Gasteiger partial charge in [-0.1, -0.05) is 42.0 Å². The number of aromatic nitrogens is 1. The molecule has 2 heterocycles. The van der Waals surface area contributed by atoms with Crippen molar-refractivity contribution in [2.24, 2.45) is 18.1 Å². The summed E-state index contributed by atoms with van der Waals surface area (Å²) in [6, 6.07) is 17.8. The van der Waals surface area contributed by atoms with Crippen molar-refractivity contribution in [1.29, 1.82) is 0 Å². The summed E-state index contributed by atoms with van der Waals surface area (Å²) in [6.07, 6.45) is 2.29. The Morgan fingerprint density at radius 2 is 1.96 bits per heavy atom. The Balaban J connectivity index is 1.64. The summed E-state index contributed by atoms with van der Waals surface area (Å²) in [6.45, 7) is 2.17. The quantitative estimate of drug-likeness (QED) is 0.720. The smallest absolute Gasteiger partial charge is 0.0898 e. The van der Waals surface area contributed by atoms with E-state index in [4.69, 9.17) is 5.10 Å². The third-order valence-electron chi connectivity index (χ3n) is 5.64. The molecule has 3 nitrogen and oxygen atoms in total. The first-order valence-electron chi connectivity index (χ1n) is 8.70. The van der Waals surface area contributed by atoms with E-state index in [2.05, 4.69) is 72.5 Å². The van der Waals surface area contributed by atoms with Gasteiger partial charge < -0.3 is 9.99 Å². The summed E-state index contributed by atoms with van der Waals surface area (Å²) >= 11 is 0. The van der Waals surface area contributed by atoms with E-state index >= 15 is 0 Å². The molecule has 1 aliphatic carbocycles. The summed E-state index contributed by atoms with van der Waals surface area (Å²) < 4.78 is 2.34. The van der Waals surface area contributed by atoms with Gasteiger partial charge in [-0.2, -0.15) is 5.10 Å². The minimum atomic E-state index is 0.300. The van der Waals surface area contributed by atoms with Gasteiger partial charge in [0.15, 0.2) is 0 Å². The molecule has 0 spiro atoms. The molecule has 3 heteroatoms. The fourth-order valence-corrected chi connectivity index (χ4v) is 4.48. The van der Waals surface area contributed by atoms with Gasteiger partial charge in [0.05, 0.1) is 17.4 Å². The zero-order valence-corrected chi connectivity index (χ0v) is 14.1. The molecule has 0 saturated heterocycles. The molecule has 0 saturated carbocycles. The number of hydrogen-bond acceptors (Lipinski definition) is 2. The maximum Gasteiger partial charge on any atom is 0.0898 e. The van der Waals surface area contributed by atoms with Crippen molar-refractivity contribution in [3.05, 3.63) is 70.9 Å². The van der Waals surface area contributed by atoms with Crippen molar-refractivity contribution in [3.8, 4) is 0 Å². The maximum absolute atomic E-state index is 4.78. The van der Waals surface area contributed by atoms with E-state index in [1.54, 1.807) is 0 Å². The Kier molecular flexibility index (Phi) is 2.87. The van der Waals surface area contributed by atoms with Gasteiger partial charge in [-0.15, -0.1) is 0 Å². The van der Waals surface area contributed by atoms with Gasteiger partial charge in [0.25, 0.3) is 0 Å². The molecule has 2 atom stereocenters. The first kappa shape index (κ1) is 13.8.